The van der Waals surface area contributed by atoms with Gasteiger partial charge in [0, 0.05) is 31.4 Å². The number of primary amides is 1. The highest BCUT2D eigenvalue weighted by atomic mass is 16.1. The molecule has 0 aliphatic carbocycles. The van der Waals surface area contributed by atoms with Gasteiger partial charge in [-0.3, -0.25) is 9.69 Å². The van der Waals surface area contributed by atoms with Crippen molar-refractivity contribution in [3.63, 3.8) is 0 Å². The zero-order valence-corrected chi connectivity index (χ0v) is 12.2. The van der Waals surface area contributed by atoms with Gasteiger partial charge in [-0.25, -0.2) is 4.98 Å². The van der Waals surface area contributed by atoms with E-state index in [2.05, 4.69) is 42.9 Å². The van der Waals surface area contributed by atoms with Crippen LogP contribution >= 0.6 is 0 Å². The molecule has 1 aromatic rings. The topological polar surface area (TPSA) is 71.2 Å². The summed E-state index contributed by atoms with van der Waals surface area (Å²) < 4.78 is 0. The summed E-state index contributed by atoms with van der Waals surface area (Å²) in [6.07, 6.45) is 1.49. The van der Waals surface area contributed by atoms with Crippen LogP contribution in [0.4, 0.5) is 5.82 Å². The van der Waals surface area contributed by atoms with Crippen LogP contribution < -0.4 is 11.1 Å². The van der Waals surface area contributed by atoms with E-state index in [-0.39, 0.29) is 0 Å². The summed E-state index contributed by atoms with van der Waals surface area (Å²) in [5.41, 5.74) is 5.59. The molecule has 5 heteroatoms. The van der Waals surface area contributed by atoms with E-state index in [0.717, 1.165) is 18.9 Å². The fraction of sp³-hybridized carbons (Fsp3) is 0.571. The fourth-order valence-corrected chi connectivity index (χ4v) is 2.07. The third-order valence-electron chi connectivity index (χ3n) is 3.05. The molecule has 1 rings (SSSR count). The molecule has 106 valence electrons. The number of nitrogens with two attached hydrogens (primary N) is 1. The number of nitrogens with one attached hydrogen (secondary N) is 1. The third kappa shape index (κ3) is 4.87. The number of carbonyl (C=O) groups excluding carboxylic acids is 1. The van der Waals surface area contributed by atoms with Gasteiger partial charge in [0.15, 0.2) is 0 Å². The lowest BCUT2D eigenvalue weighted by molar-refractivity contribution is 0.1000. The molecule has 0 atom stereocenters. The average Bonchev–Trinajstić information content (AvgIpc) is 2.34. The maximum absolute atomic E-state index is 10.9. The van der Waals surface area contributed by atoms with Gasteiger partial charge < -0.3 is 11.1 Å². The number of rotatable bonds is 7. The van der Waals surface area contributed by atoms with E-state index in [9.17, 15) is 4.79 Å². The minimum Gasteiger partial charge on any atom is -0.369 e. The molecule has 0 unspecified atom stereocenters. The van der Waals surface area contributed by atoms with E-state index in [1.54, 1.807) is 12.1 Å². The van der Waals surface area contributed by atoms with Crippen LogP contribution in [0.25, 0.3) is 0 Å². The molecule has 1 amide bonds. The first-order chi connectivity index (χ1) is 8.91. The Balaban J connectivity index is 2.46. The Kier molecular flexibility index (Phi) is 5.76. The van der Waals surface area contributed by atoms with Gasteiger partial charge in [0.1, 0.15) is 5.82 Å². The summed E-state index contributed by atoms with van der Waals surface area (Å²) in [6.45, 7) is 10.5. The van der Waals surface area contributed by atoms with Gasteiger partial charge in [-0.05, 0) is 39.8 Å². The number of amides is 1. The highest BCUT2D eigenvalue weighted by Crippen LogP contribution is 2.06. The van der Waals surface area contributed by atoms with Crippen LogP contribution in [-0.4, -0.2) is 41.0 Å². The molecule has 5 nitrogen and oxygen atoms in total. The first-order valence-electron chi connectivity index (χ1n) is 6.67. The number of hydrogen-bond acceptors (Lipinski definition) is 4. The lowest BCUT2D eigenvalue weighted by atomic mass is 10.2. The molecule has 0 aliphatic heterocycles. The highest BCUT2D eigenvalue weighted by molar-refractivity contribution is 5.92. The number of hydrogen-bond donors (Lipinski definition) is 2. The fourth-order valence-electron chi connectivity index (χ4n) is 2.07. The number of aromatic nitrogens is 1. The van der Waals surface area contributed by atoms with Crippen molar-refractivity contribution in [1.29, 1.82) is 0 Å². The molecule has 0 radical (unpaired) electrons. The molecular weight excluding hydrogens is 240 g/mol. The number of pyridine rings is 1. The zero-order valence-electron chi connectivity index (χ0n) is 12.2. The summed E-state index contributed by atoms with van der Waals surface area (Å²) in [5.74, 6) is 0.308. The van der Waals surface area contributed by atoms with Gasteiger partial charge in [-0.1, -0.05) is 0 Å². The smallest absolute Gasteiger partial charge is 0.250 e. The van der Waals surface area contributed by atoms with Gasteiger partial charge in [0.05, 0.1) is 5.56 Å². The summed E-state index contributed by atoms with van der Waals surface area (Å²) in [5, 5.41) is 3.25. The SMILES string of the molecule is CC(C)N(CCNc1ccc(C(N)=O)cn1)C(C)C. The molecule has 0 spiro atoms. The van der Waals surface area contributed by atoms with Crippen LogP contribution in [-0.2, 0) is 0 Å². The third-order valence-corrected chi connectivity index (χ3v) is 3.05. The molecule has 19 heavy (non-hydrogen) atoms. The first kappa shape index (κ1) is 15.4. The molecule has 3 N–H and O–H groups in total. The van der Waals surface area contributed by atoms with Crippen molar-refractivity contribution >= 4 is 11.7 Å². The van der Waals surface area contributed by atoms with Crippen LogP contribution in [0, 0.1) is 0 Å². The molecule has 1 heterocycles. The molecule has 0 saturated heterocycles. The minimum atomic E-state index is -0.454. The van der Waals surface area contributed by atoms with Gasteiger partial charge in [-0.2, -0.15) is 0 Å². The van der Waals surface area contributed by atoms with E-state index in [0.29, 0.717) is 17.6 Å². The van der Waals surface area contributed by atoms with Crippen molar-refractivity contribution in [2.45, 2.75) is 39.8 Å². The van der Waals surface area contributed by atoms with E-state index in [1.165, 1.54) is 6.20 Å². The van der Waals surface area contributed by atoms with Crippen molar-refractivity contribution in [1.82, 2.24) is 9.88 Å². The summed E-state index contributed by atoms with van der Waals surface area (Å²) in [4.78, 5) is 17.5. The molecule has 1 aromatic heterocycles. The van der Waals surface area contributed by atoms with Gasteiger partial charge >= 0.3 is 0 Å². The Labute approximate surface area is 115 Å². The highest BCUT2D eigenvalue weighted by Gasteiger charge is 2.12. The second-order valence-corrected chi connectivity index (χ2v) is 5.15. The van der Waals surface area contributed by atoms with Crippen LogP contribution in [0.2, 0.25) is 0 Å². The van der Waals surface area contributed by atoms with E-state index < -0.39 is 5.91 Å². The van der Waals surface area contributed by atoms with Crippen LogP contribution in [0.15, 0.2) is 18.3 Å². The molecule has 0 fully saturated rings. The molecule has 0 saturated carbocycles. The van der Waals surface area contributed by atoms with Gasteiger partial charge in [-0.15, -0.1) is 0 Å². The Hall–Kier alpha value is -1.62. The normalized spacial score (nSPS) is 11.3. The van der Waals surface area contributed by atoms with Crippen molar-refractivity contribution in [3.05, 3.63) is 23.9 Å². The predicted molar refractivity (Wildman–Crippen MR) is 78.2 cm³/mol. The number of carbonyl (C=O) groups is 1. The lowest BCUT2D eigenvalue weighted by Crippen LogP contribution is -2.40. The largest absolute Gasteiger partial charge is 0.369 e. The maximum Gasteiger partial charge on any atom is 0.250 e. The van der Waals surface area contributed by atoms with E-state index in [1.807, 2.05) is 0 Å². The minimum absolute atomic E-state index is 0.427. The van der Waals surface area contributed by atoms with Crippen molar-refractivity contribution < 1.29 is 4.79 Å². The van der Waals surface area contributed by atoms with Crippen molar-refractivity contribution in [3.8, 4) is 0 Å². The van der Waals surface area contributed by atoms with Gasteiger partial charge in [0.2, 0.25) is 5.91 Å². The Morgan fingerprint density at radius 1 is 1.32 bits per heavy atom. The van der Waals surface area contributed by atoms with E-state index in [4.69, 9.17) is 5.73 Å². The average molecular weight is 264 g/mol. The Morgan fingerprint density at radius 3 is 2.37 bits per heavy atom. The summed E-state index contributed by atoms with van der Waals surface area (Å²) in [7, 11) is 0. The molecular formula is C14H24N4O. The molecule has 0 aromatic carbocycles. The number of nitrogens with zero attached hydrogens (tertiary/aromatic N) is 2. The maximum atomic E-state index is 10.9. The van der Waals surface area contributed by atoms with Crippen molar-refractivity contribution in [2.75, 3.05) is 18.4 Å². The van der Waals surface area contributed by atoms with Crippen LogP contribution in [0.5, 0.6) is 0 Å². The Morgan fingerprint density at radius 2 is 1.95 bits per heavy atom. The summed E-state index contributed by atoms with van der Waals surface area (Å²) in [6, 6.07) is 4.49. The second-order valence-electron chi connectivity index (χ2n) is 5.15. The zero-order chi connectivity index (χ0) is 14.4. The monoisotopic (exact) mass is 264 g/mol. The van der Waals surface area contributed by atoms with Crippen LogP contribution in [0.3, 0.4) is 0 Å². The lowest BCUT2D eigenvalue weighted by Gasteiger charge is -2.30. The standard InChI is InChI=1S/C14H24N4O/c1-10(2)18(11(3)4)8-7-16-13-6-5-12(9-17-13)14(15)19/h5-6,9-11H,7-8H2,1-4H3,(H2,15,19)(H,16,17). The predicted octanol–water partition coefficient (Wildman–Crippen LogP) is 1.71. The van der Waals surface area contributed by atoms with E-state index >= 15 is 0 Å². The number of anilines is 1. The Bertz CT molecular complexity index is 392. The summed E-state index contributed by atoms with van der Waals surface area (Å²) >= 11 is 0. The van der Waals surface area contributed by atoms with Crippen LogP contribution in [0.1, 0.15) is 38.1 Å². The second kappa shape index (κ2) is 7.09. The van der Waals surface area contributed by atoms with Gasteiger partial charge in [0.25, 0.3) is 0 Å². The molecule has 0 aliphatic rings. The quantitative estimate of drug-likeness (QED) is 0.786. The molecule has 0 bridgehead atoms. The van der Waals surface area contributed by atoms with Crippen molar-refractivity contribution in [2.24, 2.45) is 5.73 Å². The first-order valence-corrected chi connectivity index (χ1v) is 6.67.